The van der Waals surface area contributed by atoms with Crippen LogP contribution < -0.4 is 4.31 Å². The van der Waals surface area contributed by atoms with E-state index in [1.807, 2.05) is 0 Å². The number of hydrogen-bond donors (Lipinski definition) is 1. The highest BCUT2D eigenvalue weighted by Gasteiger charge is 2.57. The zero-order chi connectivity index (χ0) is 31.0. The highest BCUT2D eigenvalue weighted by Crippen LogP contribution is 2.44. The third kappa shape index (κ3) is 6.24. The predicted molar refractivity (Wildman–Crippen MR) is 157 cm³/mol. The lowest BCUT2D eigenvalue weighted by molar-refractivity contribution is -0.384. The van der Waals surface area contributed by atoms with Crippen molar-refractivity contribution in [3.63, 3.8) is 0 Å². The van der Waals surface area contributed by atoms with Gasteiger partial charge in [-0.05, 0) is 36.6 Å². The molecular formula is C30H31F3N4O5S. The van der Waals surface area contributed by atoms with Crippen LogP contribution in [0.4, 0.5) is 24.5 Å². The summed E-state index contributed by atoms with van der Waals surface area (Å²) in [5.41, 5.74) is -2.53. The number of nitro benzene ring substituents is 1. The number of β-amino-alcohol motifs (C(OH)–C–C–N with tert-alkyl or cyclic N) is 1. The van der Waals surface area contributed by atoms with Crippen LogP contribution in [0.1, 0.15) is 24.0 Å². The number of sulfonamides is 1. The smallest absolute Gasteiger partial charge is 0.375 e. The van der Waals surface area contributed by atoms with Crippen molar-refractivity contribution >= 4 is 32.3 Å². The molecule has 1 unspecified atom stereocenters. The lowest BCUT2D eigenvalue weighted by Crippen LogP contribution is -2.54. The topological polar surface area (TPSA) is 109 Å². The molecule has 2 heterocycles. The summed E-state index contributed by atoms with van der Waals surface area (Å²) in [6.07, 6.45) is -2.23. The van der Waals surface area contributed by atoms with Crippen LogP contribution in [0.25, 0.3) is 10.9 Å². The number of piperidine rings is 1. The fourth-order valence-corrected chi connectivity index (χ4v) is 7.10. The van der Waals surface area contributed by atoms with Gasteiger partial charge in [0.05, 0.1) is 22.4 Å². The SMILES string of the molecule is CS(=O)(=O)N(c1ccccc1)C1CCN(CC(O)(c2cn(Cc3ccccc3)c3cc([N+](=O)[O-])ccc23)C(F)(F)F)CC1. The fraction of sp³-hybridized carbons (Fsp3) is 0.333. The number of anilines is 1. The van der Waals surface area contributed by atoms with Gasteiger partial charge in [0.1, 0.15) is 0 Å². The molecular weight excluding hydrogens is 585 g/mol. The molecule has 1 fully saturated rings. The number of alkyl halides is 3. The number of nitrogens with zero attached hydrogens (tertiary/aromatic N) is 4. The van der Waals surface area contributed by atoms with Gasteiger partial charge in [0, 0.05) is 61.5 Å². The minimum atomic E-state index is -5.08. The van der Waals surface area contributed by atoms with Crippen LogP contribution >= 0.6 is 0 Å². The minimum absolute atomic E-state index is 0.0589. The summed E-state index contributed by atoms with van der Waals surface area (Å²) in [5, 5.41) is 23.0. The number of fused-ring (bicyclic) bond motifs is 1. The monoisotopic (exact) mass is 616 g/mol. The maximum absolute atomic E-state index is 14.8. The normalized spacial score (nSPS) is 16.7. The van der Waals surface area contributed by atoms with Crippen LogP contribution in [0.5, 0.6) is 0 Å². The molecule has 1 atom stereocenters. The van der Waals surface area contributed by atoms with Gasteiger partial charge >= 0.3 is 6.18 Å². The van der Waals surface area contributed by atoms with Crippen molar-refractivity contribution in [2.45, 2.75) is 37.2 Å². The van der Waals surface area contributed by atoms with Crippen molar-refractivity contribution in [2.24, 2.45) is 0 Å². The first-order valence-electron chi connectivity index (χ1n) is 13.7. The average molecular weight is 617 g/mol. The van der Waals surface area contributed by atoms with Crippen molar-refractivity contribution in [2.75, 3.05) is 30.2 Å². The Morgan fingerprint density at radius 1 is 1.00 bits per heavy atom. The molecule has 0 aliphatic carbocycles. The third-order valence-corrected chi connectivity index (χ3v) is 9.12. The van der Waals surface area contributed by atoms with Gasteiger partial charge in [-0.15, -0.1) is 0 Å². The van der Waals surface area contributed by atoms with Gasteiger partial charge in [-0.3, -0.25) is 19.3 Å². The number of hydrogen-bond acceptors (Lipinski definition) is 6. The van der Waals surface area contributed by atoms with Crippen LogP contribution in [0.3, 0.4) is 0 Å². The Hall–Kier alpha value is -3.94. The van der Waals surface area contributed by atoms with E-state index in [2.05, 4.69) is 0 Å². The quantitative estimate of drug-likeness (QED) is 0.203. The van der Waals surface area contributed by atoms with Gasteiger partial charge in [-0.1, -0.05) is 48.5 Å². The number of benzene rings is 3. The molecule has 13 heteroatoms. The molecule has 1 N–H and O–H groups in total. The van der Waals surface area contributed by atoms with E-state index in [0.717, 1.165) is 17.9 Å². The molecule has 1 aromatic heterocycles. The molecule has 1 saturated heterocycles. The van der Waals surface area contributed by atoms with Gasteiger partial charge < -0.3 is 9.67 Å². The highest BCUT2D eigenvalue weighted by atomic mass is 32.2. The molecule has 228 valence electrons. The molecule has 1 aliphatic heterocycles. The zero-order valence-corrected chi connectivity index (χ0v) is 24.1. The van der Waals surface area contributed by atoms with E-state index >= 15 is 0 Å². The Labute approximate surface area is 247 Å². The zero-order valence-electron chi connectivity index (χ0n) is 23.3. The first-order chi connectivity index (χ1) is 20.3. The van der Waals surface area contributed by atoms with Crippen molar-refractivity contribution in [1.29, 1.82) is 0 Å². The number of likely N-dealkylation sites (tertiary alicyclic amines) is 1. The van der Waals surface area contributed by atoms with Crippen molar-refractivity contribution in [1.82, 2.24) is 9.47 Å². The molecule has 0 amide bonds. The van der Waals surface area contributed by atoms with E-state index in [4.69, 9.17) is 0 Å². The van der Waals surface area contributed by atoms with E-state index < -0.39 is 44.9 Å². The number of non-ortho nitro benzene ring substituents is 1. The third-order valence-electron chi connectivity index (χ3n) is 7.90. The standard InChI is InChI=1S/C30H31F3N4O5S/c1-43(41,42)36(23-10-6-3-7-11-23)24-14-16-34(17-15-24)21-29(38,30(31,32)33)27-20-35(19-22-8-4-2-5-9-22)28-18-25(37(39)40)12-13-26(27)28/h2-13,18,20,24,38H,14-17,19,21H2,1H3. The van der Waals surface area contributed by atoms with Crippen molar-refractivity contribution < 1.29 is 31.6 Å². The van der Waals surface area contributed by atoms with E-state index in [1.165, 1.54) is 32.1 Å². The first-order valence-corrected chi connectivity index (χ1v) is 15.5. The molecule has 0 saturated carbocycles. The largest absolute Gasteiger partial charge is 0.422 e. The van der Waals surface area contributed by atoms with Crippen LogP contribution in [0.15, 0.2) is 85.1 Å². The number of nitro groups is 1. The van der Waals surface area contributed by atoms with Crippen LogP contribution in [-0.2, 0) is 22.2 Å². The second kappa shape index (κ2) is 11.6. The Kier molecular flexibility index (Phi) is 8.25. The van der Waals surface area contributed by atoms with Crippen molar-refractivity contribution in [3.8, 4) is 0 Å². The maximum atomic E-state index is 14.8. The number of aromatic nitrogens is 1. The Balaban J connectivity index is 1.47. The Morgan fingerprint density at radius 2 is 1.60 bits per heavy atom. The summed E-state index contributed by atoms with van der Waals surface area (Å²) in [4.78, 5) is 12.4. The molecule has 0 bridgehead atoms. The molecule has 43 heavy (non-hydrogen) atoms. The van der Waals surface area contributed by atoms with Gasteiger partial charge in [0.25, 0.3) is 5.69 Å². The molecule has 5 rings (SSSR count). The molecule has 4 aromatic rings. The van der Waals surface area contributed by atoms with Gasteiger partial charge in [0.2, 0.25) is 15.6 Å². The van der Waals surface area contributed by atoms with Gasteiger partial charge in [0.15, 0.2) is 0 Å². The van der Waals surface area contributed by atoms with E-state index in [1.54, 1.807) is 60.7 Å². The minimum Gasteiger partial charge on any atom is -0.375 e. The molecule has 0 radical (unpaired) electrons. The summed E-state index contributed by atoms with van der Waals surface area (Å²) in [6.45, 7) is -0.403. The predicted octanol–water partition coefficient (Wildman–Crippen LogP) is 5.28. The average Bonchev–Trinajstić information content (AvgIpc) is 3.32. The second-order valence-electron chi connectivity index (χ2n) is 10.9. The molecule has 3 aromatic carbocycles. The first kappa shape index (κ1) is 30.5. The summed E-state index contributed by atoms with van der Waals surface area (Å²) >= 11 is 0. The highest BCUT2D eigenvalue weighted by molar-refractivity contribution is 7.92. The van der Waals surface area contributed by atoms with Gasteiger partial charge in [-0.25, -0.2) is 8.42 Å². The Bertz CT molecular complexity index is 1710. The lowest BCUT2D eigenvalue weighted by Gasteiger charge is -2.41. The van der Waals surface area contributed by atoms with Crippen LogP contribution in [0.2, 0.25) is 0 Å². The van der Waals surface area contributed by atoms with E-state index in [0.29, 0.717) is 5.69 Å². The molecule has 1 aliphatic rings. The summed E-state index contributed by atoms with van der Waals surface area (Å²) < 4.78 is 72.6. The molecule has 9 nitrogen and oxygen atoms in total. The van der Waals surface area contributed by atoms with E-state index in [9.17, 15) is 36.8 Å². The van der Waals surface area contributed by atoms with Crippen LogP contribution in [-0.4, -0.2) is 66.0 Å². The lowest BCUT2D eigenvalue weighted by atomic mass is 9.90. The summed E-state index contributed by atoms with van der Waals surface area (Å²) in [7, 11) is -3.66. The van der Waals surface area contributed by atoms with Crippen LogP contribution in [0, 0.1) is 10.1 Å². The fourth-order valence-electron chi connectivity index (χ4n) is 5.85. The van der Waals surface area contributed by atoms with Gasteiger partial charge in [-0.2, -0.15) is 13.2 Å². The number of rotatable bonds is 9. The number of para-hydroxylation sites is 1. The second-order valence-corrected chi connectivity index (χ2v) is 12.7. The van der Waals surface area contributed by atoms with E-state index in [-0.39, 0.29) is 49.1 Å². The van der Waals surface area contributed by atoms with Crippen molar-refractivity contribution in [3.05, 3.63) is 106 Å². The number of halogens is 3. The molecule has 0 spiro atoms. The maximum Gasteiger partial charge on any atom is 0.422 e. The Morgan fingerprint density at radius 3 is 2.16 bits per heavy atom. The summed E-state index contributed by atoms with van der Waals surface area (Å²) in [5.74, 6) is 0. The number of aliphatic hydroxyl groups is 1. The summed E-state index contributed by atoms with van der Waals surface area (Å²) in [6, 6.07) is 20.6.